The Morgan fingerprint density at radius 1 is 1.50 bits per heavy atom. The van der Waals surface area contributed by atoms with Crippen molar-refractivity contribution in [2.75, 3.05) is 7.11 Å². The minimum Gasteiger partial charge on any atom is -0.494 e. The number of Topliss-reactive ketones (excluding diaryl/α,β-unsaturated/α-hetero) is 1. The van der Waals surface area contributed by atoms with Gasteiger partial charge in [-0.15, -0.1) is 0 Å². The zero-order valence-corrected chi connectivity index (χ0v) is 12.2. The average Bonchev–Trinajstić information content (AvgIpc) is 2.66. The fraction of sp³-hybridized carbons (Fsp3) is 0.286. The van der Waals surface area contributed by atoms with Crippen molar-refractivity contribution < 1.29 is 13.9 Å². The molecule has 1 aromatic carbocycles. The van der Waals surface area contributed by atoms with Gasteiger partial charge in [-0.25, -0.2) is 4.39 Å². The lowest BCUT2D eigenvalue weighted by Crippen LogP contribution is -2.05. The molecule has 1 aromatic heterocycles. The number of hydrogen-bond acceptors (Lipinski definition) is 3. The van der Waals surface area contributed by atoms with Crippen molar-refractivity contribution in [2.24, 2.45) is 7.05 Å². The summed E-state index contributed by atoms with van der Waals surface area (Å²) in [5.74, 6) is -0.620. The third-order valence-electron chi connectivity index (χ3n) is 3.08. The van der Waals surface area contributed by atoms with Crippen LogP contribution in [-0.2, 0) is 13.5 Å². The van der Waals surface area contributed by atoms with E-state index >= 15 is 0 Å². The minimum absolute atomic E-state index is 0.0462. The number of ether oxygens (including phenoxy) is 1. The predicted molar refractivity (Wildman–Crippen MR) is 73.9 cm³/mol. The number of aromatic nitrogens is 2. The molecule has 20 heavy (non-hydrogen) atoms. The smallest absolute Gasteiger partial charge is 0.167 e. The average molecular weight is 297 g/mol. The SMILES string of the molecule is COc1cc(C(=O)Cc2c(C)nn(C)c2Cl)ccc1F. The van der Waals surface area contributed by atoms with E-state index in [1.807, 2.05) is 0 Å². The molecular formula is C14H14ClFN2O2. The van der Waals surface area contributed by atoms with Crippen molar-refractivity contribution in [2.45, 2.75) is 13.3 Å². The molecule has 0 saturated carbocycles. The number of nitrogens with zero attached hydrogens (tertiary/aromatic N) is 2. The molecule has 0 atom stereocenters. The van der Waals surface area contributed by atoms with Crippen LogP contribution in [0.4, 0.5) is 4.39 Å². The van der Waals surface area contributed by atoms with E-state index in [0.29, 0.717) is 22.0 Å². The quantitative estimate of drug-likeness (QED) is 0.815. The molecule has 0 radical (unpaired) electrons. The van der Waals surface area contributed by atoms with Crippen molar-refractivity contribution in [1.29, 1.82) is 0 Å². The molecule has 0 amide bonds. The summed E-state index contributed by atoms with van der Waals surface area (Å²) in [5, 5.41) is 4.59. The van der Waals surface area contributed by atoms with E-state index in [1.165, 1.54) is 30.0 Å². The van der Waals surface area contributed by atoms with Crippen LogP contribution in [0.2, 0.25) is 5.15 Å². The van der Waals surface area contributed by atoms with Crippen LogP contribution in [0.1, 0.15) is 21.6 Å². The topological polar surface area (TPSA) is 44.1 Å². The second kappa shape index (κ2) is 5.63. The zero-order valence-electron chi connectivity index (χ0n) is 11.4. The van der Waals surface area contributed by atoms with Crippen molar-refractivity contribution in [3.05, 3.63) is 46.0 Å². The summed E-state index contributed by atoms with van der Waals surface area (Å²) in [6.07, 6.45) is 0.118. The number of ketones is 1. The van der Waals surface area contributed by atoms with Crippen LogP contribution < -0.4 is 4.74 Å². The third-order valence-corrected chi connectivity index (χ3v) is 3.55. The molecule has 0 aliphatic carbocycles. The first-order valence-corrected chi connectivity index (χ1v) is 6.36. The number of rotatable bonds is 4. The van der Waals surface area contributed by atoms with Crippen LogP contribution in [0.3, 0.4) is 0 Å². The molecule has 0 saturated heterocycles. The van der Waals surface area contributed by atoms with Crippen molar-refractivity contribution in [3.8, 4) is 5.75 Å². The fourth-order valence-corrected chi connectivity index (χ4v) is 2.21. The number of methoxy groups -OCH3 is 1. The van der Waals surface area contributed by atoms with Gasteiger partial charge in [0.05, 0.1) is 12.8 Å². The van der Waals surface area contributed by atoms with Crippen molar-refractivity contribution in [3.63, 3.8) is 0 Å². The highest BCUT2D eigenvalue weighted by Crippen LogP contribution is 2.23. The Morgan fingerprint density at radius 3 is 2.75 bits per heavy atom. The predicted octanol–water partition coefficient (Wildman–Crippen LogP) is 2.96. The number of benzene rings is 1. The highest BCUT2D eigenvalue weighted by molar-refractivity contribution is 6.30. The van der Waals surface area contributed by atoms with E-state index in [1.54, 1.807) is 14.0 Å². The molecule has 1 heterocycles. The van der Waals surface area contributed by atoms with Crippen LogP contribution in [0.5, 0.6) is 5.75 Å². The Balaban J connectivity index is 2.28. The number of carbonyl (C=O) groups excluding carboxylic acids is 1. The molecule has 0 spiro atoms. The molecular weight excluding hydrogens is 283 g/mol. The minimum atomic E-state index is -0.500. The maximum atomic E-state index is 13.3. The van der Waals surface area contributed by atoms with E-state index in [4.69, 9.17) is 16.3 Å². The highest BCUT2D eigenvalue weighted by Gasteiger charge is 2.17. The van der Waals surface area contributed by atoms with Gasteiger partial charge in [-0.1, -0.05) is 11.6 Å². The van der Waals surface area contributed by atoms with E-state index in [2.05, 4.69) is 5.10 Å². The molecule has 0 bridgehead atoms. The van der Waals surface area contributed by atoms with Crippen molar-refractivity contribution >= 4 is 17.4 Å². The number of carbonyl (C=O) groups is 1. The third kappa shape index (κ3) is 2.67. The summed E-state index contributed by atoms with van der Waals surface area (Å²) in [5.41, 5.74) is 1.77. The maximum Gasteiger partial charge on any atom is 0.167 e. The molecule has 4 nitrogen and oxygen atoms in total. The van der Waals surface area contributed by atoms with Crippen LogP contribution in [-0.4, -0.2) is 22.7 Å². The van der Waals surface area contributed by atoms with Crippen LogP contribution in [0.15, 0.2) is 18.2 Å². The molecule has 0 aliphatic heterocycles. The monoisotopic (exact) mass is 296 g/mol. The molecule has 0 fully saturated rings. The molecule has 0 unspecified atom stereocenters. The second-order valence-corrected chi connectivity index (χ2v) is 4.79. The van der Waals surface area contributed by atoms with Gasteiger partial charge in [-0.3, -0.25) is 9.48 Å². The van der Waals surface area contributed by atoms with E-state index < -0.39 is 5.82 Å². The fourth-order valence-electron chi connectivity index (χ4n) is 1.97. The summed E-state index contributed by atoms with van der Waals surface area (Å²) < 4.78 is 19.7. The lowest BCUT2D eigenvalue weighted by atomic mass is 10.0. The Kier molecular flexibility index (Phi) is 4.09. The van der Waals surface area contributed by atoms with Gasteiger partial charge in [0.1, 0.15) is 5.15 Å². The summed E-state index contributed by atoms with van der Waals surface area (Å²) in [6, 6.07) is 4.03. The first kappa shape index (κ1) is 14.5. The number of aryl methyl sites for hydroxylation is 2. The van der Waals surface area contributed by atoms with Crippen molar-refractivity contribution in [1.82, 2.24) is 9.78 Å². The van der Waals surface area contributed by atoms with Gasteiger partial charge in [-0.2, -0.15) is 5.10 Å². The Hall–Kier alpha value is -1.88. The first-order chi connectivity index (χ1) is 9.43. The summed E-state index contributed by atoms with van der Waals surface area (Å²) in [6.45, 7) is 1.79. The number of halogens is 2. The van der Waals surface area contributed by atoms with Crippen LogP contribution in [0, 0.1) is 12.7 Å². The molecule has 2 rings (SSSR count). The van der Waals surface area contributed by atoms with Gasteiger partial charge in [0, 0.05) is 24.6 Å². The van der Waals surface area contributed by atoms with Gasteiger partial charge >= 0.3 is 0 Å². The lowest BCUT2D eigenvalue weighted by molar-refractivity contribution is 0.0992. The van der Waals surface area contributed by atoms with E-state index in [-0.39, 0.29) is 18.0 Å². The second-order valence-electron chi connectivity index (χ2n) is 4.43. The Bertz CT molecular complexity index is 667. The normalized spacial score (nSPS) is 10.7. The summed E-state index contributed by atoms with van der Waals surface area (Å²) in [7, 11) is 3.07. The molecule has 0 N–H and O–H groups in total. The van der Waals surface area contributed by atoms with Gasteiger partial charge in [0.2, 0.25) is 0 Å². The molecule has 0 aliphatic rings. The number of hydrogen-bond donors (Lipinski definition) is 0. The Labute approximate surface area is 121 Å². The van der Waals surface area contributed by atoms with Crippen LogP contribution in [0.25, 0.3) is 0 Å². The van der Waals surface area contributed by atoms with E-state index in [9.17, 15) is 9.18 Å². The lowest BCUT2D eigenvalue weighted by Gasteiger charge is -2.05. The van der Waals surface area contributed by atoms with Gasteiger partial charge < -0.3 is 4.74 Å². The zero-order chi connectivity index (χ0) is 14.9. The molecule has 106 valence electrons. The summed E-state index contributed by atoms with van der Waals surface area (Å²) >= 11 is 6.09. The van der Waals surface area contributed by atoms with Gasteiger partial charge in [0.15, 0.2) is 17.3 Å². The first-order valence-electron chi connectivity index (χ1n) is 5.98. The largest absolute Gasteiger partial charge is 0.494 e. The van der Waals surface area contributed by atoms with Crippen LogP contribution >= 0.6 is 11.6 Å². The van der Waals surface area contributed by atoms with E-state index in [0.717, 1.165) is 0 Å². The van der Waals surface area contributed by atoms with Gasteiger partial charge in [-0.05, 0) is 25.1 Å². The highest BCUT2D eigenvalue weighted by atomic mass is 35.5. The Morgan fingerprint density at radius 2 is 2.20 bits per heavy atom. The summed E-state index contributed by atoms with van der Waals surface area (Å²) in [4.78, 5) is 12.2. The van der Waals surface area contributed by atoms with Gasteiger partial charge in [0.25, 0.3) is 0 Å². The maximum absolute atomic E-state index is 13.3. The molecule has 2 aromatic rings. The molecule has 6 heteroatoms. The standard InChI is InChI=1S/C14H14ClFN2O2/c1-8-10(14(15)18(2)17-8)7-12(19)9-4-5-11(16)13(6-9)20-3/h4-6H,7H2,1-3H3.